The van der Waals surface area contributed by atoms with Gasteiger partial charge in [0.25, 0.3) is 5.91 Å². The van der Waals surface area contributed by atoms with Crippen LogP contribution < -0.4 is 10.2 Å². The third-order valence-corrected chi connectivity index (χ3v) is 4.53. The number of benzene rings is 2. The molecular formula is C20H17F2N3O. The Kier molecular flexibility index (Phi) is 4.24. The van der Waals surface area contributed by atoms with Gasteiger partial charge in [0.15, 0.2) is 0 Å². The van der Waals surface area contributed by atoms with Crippen molar-refractivity contribution >= 4 is 28.3 Å². The van der Waals surface area contributed by atoms with Crippen molar-refractivity contribution in [3.05, 3.63) is 65.7 Å². The summed E-state index contributed by atoms with van der Waals surface area (Å²) in [6, 6.07) is 12.4. The Labute approximate surface area is 149 Å². The fraction of sp³-hybridized carbons (Fsp3) is 0.200. The van der Waals surface area contributed by atoms with Crippen LogP contribution in [0.4, 0.5) is 20.3 Å². The van der Waals surface area contributed by atoms with E-state index >= 15 is 0 Å². The third kappa shape index (κ3) is 3.10. The number of carbonyl (C=O) groups excluding carboxylic acids is 1. The molecule has 132 valence electrons. The van der Waals surface area contributed by atoms with E-state index in [4.69, 9.17) is 0 Å². The largest absolute Gasteiger partial charge is 0.356 e. The predicted octanol–water partition coefficient (Wildman–Crippen LogP) is 4.37. The van der Waals surface area contributed by atoms with Crippen LogP contribution in [0.3, 0.4) is 0 Å². The van der Waals surface area contributed by atoms with E-state index in [1.54, 1.807) is 6.07 Å². The number of pyridine rings is 1. The maximum absolute atomic E-state index is 13.9. The molecule has 0 unspecified atom stereocenters. The number of rotatable bonds is 3. The Balaban J connectivity index is 1.75. The summed E-state index contributed by atoms with van der Waals surface area (Å²) in [5.74, 6) is -1.36. The summed E-state index contributed by atoms with van der Waals surface area (Å²) in [6.45, 7) is 1.66. The lowest BCUT2D eigenvalue weighted by atomic mass is 10.1. The zero-order valence-corrected chi connectivity index (χ0v) is 14.0. The molecule has 1 saturated heterocycles. The number of hydrogen-bond donors (Lipinski definition) is 1. The molecule has 6 heteroatoms. The first-order valence-corrected chi connectivity index (χ1v) is 8.53. The third-order valence-electron chi connectivity index (χ3n) is 4.53. The molecule has 1 amide bonds. The maximum atomic E-state index is 13.9. The molecule has 2 heterocycles. The van der Waals surface area contributed by atoms with Gasteiger partial charge in [-0.05, 0) is 37.1 Å². The molecule has 26 heavy (non-hydrogen) atoms. The van der Waals surface area contributed by atoms with E-state index in [0.29, 0.717) is 11.4 Å². The van der Waals surface area contributed by atoms with E-state index in [2.05, 4.69) is 15.2 Å². The second-order valence-corrected chi connectivity index (χ2v) is 6.32. The Morgan fingerprint density at radius 1 is 1.04 bits per heavy atom. The molecule has 0 radical (unpaired) electrons. The summed E-state index contributed by atoms with van der Waals surface area (Å²) in [5.41, 5.74) is 1.13. The molecular weight excluding hydrogens is 336 g/mol. The molecule has 1 aliphatic rings. The summed E-state index contributed by atoms with van der Waals surface area (Å²) >= 11 is 0. The fourth-order valence-corrected chi connectivity index (χ4v) is 3.22. The number of hydrogen-bond acceptors (Lipinski definition) is 3. The van der Waals surface area contributed by atoms with Crippen LogP contribution in [0, 0.1) is 11.6 Å². The van der Waals surface area contributed by atoms with Gasteiger partial charge in [-0.1, -0.05) is 18.2 Å². The quantitative estimate of drug-likeness (QED) is 0.761. The monoisotopic (exact) mass is 353 g/mol. The van der Waals surface area contributed by atoms with Crippen LogP contribution in [-0.2, 0) is 0 Å². The zero-order chi connectivity index (χ0) is 18.1. The van der Waals surface area contributed by atoms with Crippen molar-refractivity contribution in [2.45, 2.75) is 12.8 Å². The highest BCUT2D eigenvalue weighted by molar-refractivity contribution is 6.09. The first-order valence-electron chi connectivity index (χ1n) is 8.53. The van der Waals surface area contributed by atoms with Crippen molar-refractivity contribution in [1.29, 1.82) is 0 Å². The van der Waals surface area contributed by atoms with Crippen molar-refractivity contribution in [3.8, 4) is 0 Å². The molecule has 1 aliphatic heterocycles. The number of nitrogens with one attached hydrogen (secondary N) is 1. The second kappa shape index (κ2) is 6.71. The van der Waals surface area contributed by atoms with E-state index in [1.165, 1.54) is 6.07 Å². The zero-order valence-electron chi connectivity index (χ0n) is 14.0. The van der Waals surface area contributed by atoms with Crippen molar-refractivity contribution in [3.63, 3.8) is 0 Å². The Bertz CT molecular complexity index is 984. The van der Waals surface area contributed by atoms with E-state index in [-0.39, 0.29) is 5.69 Å². The average Bonchev–Trinajstić information content (AvgIpc) is 3.17. The lowest BCUT2D eigenvalue weighted by Gasteiger charge is -2.20. The van der Waals surface area contributed by atoms with Gasteiger partial charge >= 0.3 is 0 Å². The SMILES string of the molecule is O=C(Nc1ccc(F)cc1F)c1cc2ccccc2nc1N1CCCC1. The molecule has 0 bridgehead atoms. The number of aromatic nitrogens is 1. The van der Waals surface area contributed by atoms with E-state index in [0.717, 1.165) is 49.0 Å². The van der Waals surface area contributed by atoms with Gasteiger partial charge in [-0.25, -0.2) is 13.8 Å². The molecule has 0 atom stereocenters. The highest BCUT2D eigenvalue weighted by Gasteiger charge is 2.22. The van der Waals surface area contributed by atoms with E-state index in [9.17, 15) is 13.6 Å². The van der Waals surface area contributed by atoms with Crippen LogP contribution in [0.5, 0.6) is 0 Å². The van der Waals surface area contributed by atoms with Gasteiger partial charge in [0.1, 0.15) is 17.5 Å². The first kappa shape index (κ1) is 16.4. The lowest BCUT2D eigenvalue weighted by molar-refractivity contribution is 0.102. The highest BCUT2D eigenvalue weighted by Crippen LogP contribution is 2.27. The number of fused-ring (bicyclic) bond motifs is 1. The van der Waals surface area contributed by atoms with Gasteiger partial charge in [-0.3, -0.25) is 4.79 Å². The molecule has 3 aromatic rings. The lowest BCUT2D eigenvalue weighted by Crippen LogP contribution is -2.24. The molecule has 1 fully saturated rings. The van der Waals surface area contributed by atoms with Crippen molar-refractivity contribution < 1.29 is 13.6 Å². The maximum Gasteiger partial charge on any atom is 0.259 e. The minimum Gasteiger partial charge on any atom is -0.356 e. The smallest absolute Gasteiger partial charge is 0.259 e. The molecule has 0 saturated carbocycles. The van der Waals surface area contributed by atoms with Gasteiger partial charge in [-0.15, -0.1) is 0 Å². The Morgan fingerprint density at radius 3 is 2.58 bits per heavy atom. The van der Waals surface area contributed by atoms with Gasteiger partial charge in [0, 0.05) is 24.5 Å². The topological polar surface area (TPSA) is 45.2 Å². The van der Waals surface area contributed by atoms with Crippen molar-refractivity contribution in [1.82, 2.24) is 4.98 Å². The number of anilines is 2. The Morgan fingerprint density at radius 2 is 1.81 bits per heavy atom. The van der Waals surface area contributed by atoms with Crippen LogP contribution in [0.2, 0.25) is 0 Å². The van der Waals surface area contributed by atoms with Gasteiger partial charge in [-0.2, -0.15) is 0 Å². The molecule has 0 spiro atoms. The molecule has 1 aromatic heterocycles. The standard InChI is InChI=1S/C20H17F2N3O/c21-14-7-8-18(16(22)12-14)24-20(26)15-11-13-5-1-2-6-17(13)23-19(15)25-9-3-4-10-25/h1-2,5-8,11-12H,3-4,9-10H2,(H,24,26). The summed E-state index contributed by atoms with van der Waals surface area (Å²) in [4.78, 5) is 19.6. The molecule has 4 nitrogen and oxygen atoms in total. The number of halogens is 2. The highest BCUT2D eigenvalue weighted by atomic mass is 19.1. The summed E-state index contributed by atoms with van der Waals surface area (Å²) in [7, 11) is 0. The van der Waals surface area contributed by atoms with Crippen molar-refractivity contribution in [2.75, 3.05) is 23.3 Å². The minimum atomic E-state index is -0.810. The number of para-hydroxylation sites is 1. The van der Waals surface area contributed by atoms with Gasteiger partial charge < -0.3 is 10.2 Å². The summed E-state index contributed by atoms with van der Waals surface area (Å²) in [5, 5.41) is 3.37. The molecule has 4 rings (SSSR count). The van der Waals surface area contributed by atoms with Crippen LogP contribution in [-0.4, -0.2) is 24.0 Å². The summed E-state index contributed by atoms with van der Waals surface area (Å²) in [6.07, 6.45) is 2.09. The fourth-order valence-electron chi connectivity index (χ4n) is 3.22. The first-order chi connectivity index (χ1) is 12.6. The number of amides is 1. The van der Waals surface area contributed by atoms with E-state index < -0.39 is 17.5 Å². The normalized spacial score (nSPS) is 14.0. The second-order valence-electron chi connectivity index (χ2n) is 6.32. The van der Waals surface area contributed by atoms with E-state index in [1.807, 2.05) is 24.3 Å². The van der Waals surface area contributed by atoms with Crippen LogP contribution in [0.15, 0.2) is 48.5 Å². The van der Waals surface area contributed by atoms with Crippen molar-refractivity contribution in [2.24, 2.45) is 0 Å². The predicted molar refractivity (Wildman–Crippen MR) is 97.5 cm³/mol. The molecule has 0 aliphatic carbocycles. The molecule has 2 aromatic carbocycles. The Hall–Kier alpha value is -3.02. The van der Waals surface area contributed by atoms with Gasteiger partial charge in [0.05, 0.1) is 16.8 Å². The minimum absolute atomic E-state index is 0.0584. The summed E-state index contributed by atoms with van der Waals surface area (Å²) < 4.78 is 27.0. The van der Waals surface area contributed by atoms with Crippen LogP contribution in [0.1, 0.15) is 23.2 Å². The van der Waals surface area contributed by atoms with Gasteiger partial charge in [0.2, 0.25) is 0 Å². The number of carbonyl (C=O) groups is 1. The average molecular weight is 353 g/mol. The van der Waals surface area contributed by atoms with Crippen LogP contribution in [0.25, 0.3) is 10.9 Å². The molecule has 1 N–H and O–H groups in total. The number of nitrogens with zero attached hydrogens (tertiary/aromatic N) is 2. The van der Waals surface area contributed by atoms with Crippen LogP contribution >= 0.6 is 0 Å².